The summed E-state index contributed by atoms with van der Waals surface area (Å²) in [7, 11) is 0. The number of fused-ring (bicyclic) bond motifs is 4. The number of benzene rings is 1. The Bertz CT molecular complexity index is 903. The summed E-state index contributed by atoms with van der Waals surface area (Å²) in [5.41, 5.74) is 0.219. The van der Waals surface area contributed by atoms with E-state index in [4.69, 9.17) is 11.6 Å². The summed E-state index contributed by atoms with van der Waals surface area (Å²) in [6.45, 7) is 0.690. The van der Waals surface area contributed by atoms with Crippen LogP contribution < -0.4 is 10.2 Å². The smallest absolute Gasteiger partial charge is 0.271 e. The van der Waals surface area contributed by atoms with Crippen LogP contribution in [0.2, 0.25) is 5.02 Å². The number of rotatable bonds is 1. The van der Waals surface area contributed by atoms with E-state index in [2.05, 4.69) is 10.3 Å². The molecule has 2 amide bonds. The number of aromatic nitrogens is 1. The summed E-state index contributed by atoms with van der Waals surface area (Å²) >= 11 is 6.10. The molecule has 1 N–H and O–H groups in total. The minimum absolute atomic E-state index is 0.0749. The second-order valence-corrected chi connectivity index (χ2v) is 6.97. The van der Waals surface area contributed by atoms with Crippen LogP contribution in [0.1, 0.15) is 18.4 Å². The Hall–Kier alpha value is -2.44. The molecule has 4 heterocycles. The van der Waals surface area contributed by atoms with Crippen molar-refractivity contribution in [1.29, 1.82) is 0 Å². The van der Waals surface area contributed by atoms with Crippen molar-refractivity contribution in [3.63, 3.8) is 0 Å². The van der Waals surface area contributed by atoms with Gasteiger partial charge in [0.2, 0.25) is 11.6 Å². The Morgan fingerprint density at radius 2 is 2.12 bits per heavy atom. The second kappa shape index (κ2) is 5.03. The molecule has 25 heavy (non-hydrogen) atoms. The van der Waals surface area contributed by atoms with Crippen LogP contribution in [-0.2, 0) is 15.3 Å². The van der Waals surface area contributed by atoms with Crippen molar-refractivity contribution in [1.82, 2.24) is 9.88 Å². The fourth-order valence-corrected chi connectivity index (χ4v) is 4.55. The maximum atomic E-state index is 13.2. The molecule has 0 saturated carbocycles. The first-order valence-electron chi connectivity index (χ1n) is 8.27. The molecule has 0 radical (unpaired) electrons. The van der Waals surface area contributed by atoms with Crippen molar-refractivity contribution in [2.45, 2.75) is 24.5 Å². The summed E-state index contributed by atoms with van der Waals surface area (Å²) in [6.07, 6.45) is 3.28. The van der Waals surface area contributed by atoms with Gasteiger partial charge in [-0.1, -0.05) is 23.7 Å². The van der Waals surface area contributed by atoms with Crippen LogP contribution in [0.5, 0.6) is 0 Å². The lowest BCUT2D eigenvalue weighted by molar-refractivity contribution is -0.126. The number of pyridine rings is 1. The third-order valence-electron chi connectivity index (χ3n) is 5.30. The molecule has 3 aliphatic heterocycles. The van der Waals surface area contributed by atoms with Crippen LogP contribution in [0.4, 0.5) is 11.5 Å². The minimum Gasteiger partial charge on any atom is -0.322 e. The molecular formula is C18H15ClN4O2. The third-order valence-corrected chi connectivity index (χ3v) is 5.53. The Morgan fingerprint density at radius 3 is 2.92 bits per heavy atom. The number of halogens is 1. The number of nitrogens with zero attached hydrogens (tertiary/aromatic N) is 3. The monoisotopic (exact) mass is 354 g/mol. The number of hydrogen-bond acceptors (Lipinski definition) is 4. The van der Waals surface area contributed by atoms with Crippen LogP contribution >= 0.6 is 11.6 Å². The van der Waals surface area contributed by atoms with Gasteiger partial charge in [-0.15, -0.1) is 0 Å². The molecule has 0 aliphatic carbocycles. The van der Waals surface area contributed by atoms with Gasteiger partial charge in [0.15, 0.2) is 0 Å². The molecule has 1 spiro atoms. The predicted molar refractivity (Wildman–Crippen MR) is 93.2 cm³/mol. The average Bonchev–Trinajstić information content (AvgIpc) is 3.25. The number of amides is 2. The summed E-state index contributed by atoms with van der Waals surface area (Å²) in [6, 6.07) is 10.4. The van der Waals surface area contributed by atoms with Crippen molar-refractivity contribution in [2.75, 3.05) is 16.8 Å². The van der Waals surface area contributed by atoms with E-state index in [1.165, 1.54) is 0 Å². The van der Waals surface area contributed by atoms with Gasteiger partial charge < -0.3 is 5.32 Å². The molecule has 126 valence electrons. The first-order chi connectivity index (χ1) is 12.1. The topological polar surface area (TPSA) is 65.5 Å². The molecule has 2 saturated heterocycles. The highest BCUT2D eigenvalue weighted by atomic mass is 35.5. The molecule has 3 aliphatic rings. The average molecular weight is 355 g/mol. The molecule has 7 heteroatoms. The van der Waals surface area contributed by atoms with Gasteiger partial charge in [-0.25, -0.2) is 4.98 Å². The summed E-state index contributed by atoms with van der Waals surface area (Å²) in [5, 5.41) is 3.46. The van der Waals surface area contributed by atoms with Gasteiger partial charge in [-0.05, 0) is 37.1 Å². The van der Waals surface area contributed by atoms with E-state index in [-0.39, 0.29) is 17.9 Å². The largest absolute Gasteiger partial charge is 0.322 e. The molecule has 6 nitrogen and oxygen atoms in total. The van der Waals surface area contributed by atoms with Crippen molar-refractivity contribution < 1.29 is 9.59 Å². The normalized spacial score (nSPS) is 27.7. The van der Waals surface area contributed by atoms with Gasteiger partial charge in [-0.2, -0.15) is 0 Å². The van der Waals surface area contributed by atoms with Crippen LogP contribution in [0.3, 0.4) is 0 Å². The first kappa shape index (κ1) is 14.9. The van der Waals surface area contributed by atoms with Crippen LogP contribution in [0.15, 0.2) is 42.6 Å². The maximum absolute atomic E-state index is 13.2. The van der Waals surface area contributed by atoms with Gasteiger partial charge >= 0.3 is 0 Å². The van der Waals surface area contributed by atoms with Gasteiger partial charge in [0.25, 0.3) is 5.91 Å². The predicted octanol–water partition coefficient (Wildman–Crippen LogP) is 2.35. The van der Waals surface area contributed by atoms with Crippen LogP contribution in [0, 0.1) is 0 Å². The second-order valence-electron chi connectivity index (χ2n) is 6.53. The SMILES string of the molecule is O=C1[C@@H]2CCCN2[C@@]2(C(=O)Nc3cc(Cl)ccc32)N1c1ccccn1. The maximum Gasteiger partial charge on any atom is 0.271 e. The van der Waals surface area contributed by atoms with Crippen molar-refractivity contribution in [2.24, 2.45) is 0 Å². The lowest BCUT2D eigenvalue weighted by Gasteiger charge is -2.37. The third kappa shape index (κ3) is 1.75. The van der Waals surface area contributed by atoms with E-state index in [0.29, 0.717) is 23.1 Å². The number of carbonyl (C=O) groups is 2. The highest BCUT2D eigenvalue weighted by Gasteiger charge is 2.67. The van der Waals surface area contributed by atoms with E-state index in [9.17, 15) is 9.59 Å². The lowest BCUT2D eigenvalue weighted by Crippen LogP contribution is -2.56. The van der Waals surface area contributed by atoms with Gasteiger partial charge in [-0.3, -0.25) is 19.4 Å². The van der Waals surface area contributed by atoms with Crippen molar-refractivity contribution in [3.05, 3.63) is 53.2 Å². The molecule has 0 bridgehead atoms. The van der Waals surface area contributed by atoms with Gasteiger partial charge in [0, 0.05) is 29.0 Å². The van der Waals surface area contributed by atoms with E-state index in [0.717, 1.165) is 18.4 Å². The van der Waals surface area contributed by atoms with E-state index in [1.807, 2.05) is 17.0 Å². The zero-order chi connectivity index (χ0) is 17.2. The summed E-state index contributed by atoms with van der Waals surface area (Å²) < 4.78 is 0. The molecule has 2 fully saturated rings. The molecule has 1 aromatic carbocycles. The highest BCUT2D eigenvalue weighted by molar-refractivity contribution is 6.31. The van der Waals surface area contributed by atoms with Gasteiger partial charge in [0.05, 0.1) is 6.04 Å². The fraction of sp³-hybridized carbons (Fsp3) is 0.278. The minimum atomic E-state index is -1.19. The first-order valence-corrected chi connectivity index (χ1v) is 8.65. The molecular weight excluding hydrogens is 340 g/mol. The van der Waals surface area contributed by atoms with Crippen molar-refractivity contribution in [3.8, 4) is 0 Å². The summed E-state index contributed by atoms with van der Waals surface area (Å²) in [4.78, 5) is 34.4. The summed E-state index contributed by atoms with van der Waals surface area (Å²) in [5.74, 6) is 0.183. The number of nitrogens with one attached hydrogen (secondary N) is 1. The van der Waals surface area contributed by atoms with E-state index < -0.39 is 5.66 Å². The zero-order valence-electron chi connectivity index (χ0n) is 13.3. The zero-order valence-corrected chi connectivity index (χ0v) is 14.0. The molecule has 2 atom stereocenters. The highest BCUT2D eigenvalue weighted by Crippen LogP contribution is 2.52. The Balaban J connectivity index is 1.80. The fourth-order valence-electron chi connectivity index (χ4n) is 4.38. The number of hydrogen-bond donors (Lipinski definition) is 1. The number of anilines is 2. The van der Waals surface area contributed by atoms with Crippen LogP contribution in [0.25, 0.3) is 0 Å². The number of carbonyl (C=O) groups excluding carboxylic acids is 2. The molecule has 0 unspecified atom stereocenters. The van der Waals surface area contributed by atoms with E-state index >= 15 is 0 Å². The van der Waals surface area contributed by atoms with Crippen LogP contribution in [-0.4, -0.2) is 34.3 Å². The Labute approximate surface area is 149 Å². The standard InChI is InChI=1S/C18H15ClN4O2/c19-11-6-7-12-13(10-11)21-17(25)18(12)22-9-3-4-14(22)16(24)23(18)15-5-1-2-8-20-15/h1-2,5-8,10,14H,3-4,9H2,(H,21,25)/t14-,18+/m0/s1. The quantitative estimate of drug-likeness (QED) is 0.853. The Morgan fingerprint density at radius 1 is 1.24 bits per heavy atom. The molecule has 5 rings (SSSR count). The van der Waals surface area contributed by atoms with E-state index in [1.54, 1.807) is 35.4 Å². The Kier molecular flexibility index (Phi) is 2.99. The van der Waals surface area contributed by atoms with Gasteiger partial charge in [0.1, 0.15) is 5.82 Å². The molecule has 2 aromatic rings. The van der Waals surface area contributed by atoms with Crippen molar-refractivity contribution >= 4 is 34.9 Å². The molecule has 1 aromatic heterocycles. The lowest BCUT2D eigenvalue weighted by atomic mass is 9.98.